The van der Waals surface area contributed by atoms with Crippen LogP contribution in [-0.4, -0.2) is 78.6 Å². The summed E-state index contributed by atoms with van der Waals surface area (Å²) in [5, 5.41) is 0. The molecule has 1 aliphatic rings. The number of hydrogen-bond acceptors (Lipinski definition) is 7. The average Bonchev–Trinajstić information content (AvgIpc) is 2.48. The van der Waals surface area contributed by atoms with Crippen LogP contribution in [0.25, 0.3) is 0 Å². The van der Waals surface area contributed by atoms with Crippen LogP contribution in [0.4, 0.5) is 0 Å². The van der Waals surface area contributed by atoms with E-state index in [1.807, 2.05) is 0 Å². The van der Waals surface area contributed by atoms with Gasteiger partial charge in [-0.25, -0.2) is 4.18 Å². The van der Waals surface area contributed by atoms with E-state index in [2.05, 4.69) is 4.18 Å². The second kappa shape index (κ2) is 8.64. The number of hydrogen-bond donors (Lipinski definition) is 0. The van der Waals surface area contributed by atoms with Crippen molar-refractivity contribution in [2.45, 2.75) is 13.3 Å². The fourth-order valence-corrected chi connectivity index (χ4v) is 2.50. The van der Waals surface area contributed by atoms with Gasteiger partial charge in [-0.1, -0.05) is 6.92 Å². The fraction of sp³-hybridized carbons (Fsp3) is 0.917. The molecule has 0 aromatic rings. The van der Waals surface area contributed by atoms with E-state index in [-0.39, 0.29) is 12.6 Å². The van der Waals surface area contributed by atoms with Crippen molar-refractivity contribution < 1.29 is 35.5 Å². The normalized spacial score (nSPS) is 18.4. The van der Waals surface area contributed by atoms with Gasteiger partial charge in [0.15, 0.2) is 0 Å². The van der Waals surface area contributed by atoms with E-state index in [4.69, 9.17) is 13.7 Å². The van der Waals surface area contributed by atoms with E-state index in [9.17, 15) is 13.2 Å². The van der Waals surface area contributed by atoms with Crippen molar-refractivity contribution >= 4 is 16.4 Å². The summed E-state index contributed by atoms with van der Waals surface area (Å²) in [4.78, 5) is 11.2. The third-order valence-corrected chi connectivity index (χ3v) is 4.40. The smallest absolute Gasteiger partial charge is 0.399 e. The quantitative estimate of drug-likeness (QED) is 0.424. The van der Waals surface area contributed by atoms with Crippen molar-refractivity contribution in [2.24, 2.45) is 0 Å². The molecule has 0 bridgehead atoms. The van der Waals surface area contributed by atoms with E-state index in [0.29, 0.717) is 43.8 Å². The topological polar surface area (TPSA) is 88.1 Å². The number of rotatable bonds is 9. The Labute approximate surface area is 125 Å². The molecule has 1 aliphatic heterocycles. The molecular weight excluding hydrogens is 302 g/mol. The maximum Gasteiger partial charge on any atom is 0.399 e. The van der Waals surface area contributed by atoms with Gasteiger partial charge in [0.1, 0.15) is 39.4 Å². The van der Waals surface area contributed by atoms with E-state index in [0.717, 1.165) is 20.2 Å². The molecule has 8 nitrogen and oxygen atoms in total. The van der Waals surface area contributed by atoms with Gasteiger partial charge in [-0.3, -0.25) is 8.98 Å². The molecule has 1 rings (SSSR count). The van der Waals surface area contributed by atoms with E-state index in [1.54, 1.807) is 6.92 Å². The molecular formula is C12H24NO7S+. The minimum absolute atomic E-state index is 0.0257. The Morgan fingerprint density at radius 1 is 1.19 bits per heavy atom. The molecule has 0 aromatic carbocycles. The SMILES string of the molecule is CCC(=O)OCC[N+]1(CCOS(=O)(=O)OC)CCOCC1. The van der Waals surface area contributed by atoms with Gasteiger partial charge >= 0.3 is 16.4 Å². The Morgan fingerprint density at radius 2 is 1.81 bits per heavy atom. The molecule has 0 N–H and O–H groups in total. The van der Waals surface area contributed by atoms with E-state index in [1.165, 1.54) is 0 Å². The van der Waals surface area contributed by atoms with Gasteiger partial charge in [0.05, 0.1) is 20.3 Å². The number of nitrogens with zero attached hydrogens (tertiary/aromatic N) is 1. The first-order valence-corrected chi connectivity index (χ1v) is 8.30. The average molecular weight is 326 g/mol. The molecule has 0 aliphatic carbocycles. The Balaban J connectivity index is 2.47. The molecule has 1 fully saturated rings. The summed E-state index contributed by atoms with van der Waals surface area (Å²) < 4.78 is 42.3. The summed E-state index contributed by atoms with van der Waals surface area (Å²) in [7, 11) is -2.86. The Morgan fingerprint density at radius 3 is 2.38 bits per heavy atom. The predicted molar refractivity (Wildman–Crippen MR) is 73.7 cm³/mol. The maximum absolute atomic E-state index is 11.2. The number of morpholine rings is 1. The third-order valence-electron chi connectivity index (χ3n) is 3.53. The molecule has 0 radical (unpaired) electrons. The van der Waals surface area contributed by atoms with Gasteiger partial charge in [-0.15, -0.1) is 0 Å². The molecule has 0 saturated carbocycles. The highest BCUT2D eigenvalue weighted by molar-refractivity contribution is 7.81. The highest BCUT2D eigenvalue weighted by Crippen LogP contribution is 2.12. The molecule has 0 atom stereocenters. The second-order valence-electron chi connectivity index (χ2n) is 4.82. The zero-order valence-corrected chi connectivity index (χ0v) is 13.4. The lowest BCUT2D eigenvalue weighted by Crippen LogP contribution is -2.58. The number of quaternary nitrogens is 1. The molecule has 124 valence electrons. The van der Waals surface area contributed by atoms with Gasteiger partial charge in [0.25, 0.3) is 0 Å². The van der Waals surface area contributed by atoms with Crippen LogP contribution in [0.1, 0.15) is 13.3 Å². The number of ether oxygens (including phenoxy) is 2. The highest BCUT2D eigenvalue weighted by atomic mass is 32.3. The minimum atomic E-state index is -3.91. The molecule has 0 amide bonds. The highest BCUT2D eigenvalue weighted by Gasteiger charge is 2.31. The van der Waals surface area contributed by atoms with E-state index >= 15 is 0 Å². The lowest BCUT2D eigenvalue weighted by Gasteiger charge is -2.40. The van der Waals surface area contributed by atoms with Gasteiger partial charge in [-0.05, 0) is 0 Å². The molecule has 21 heavy (non-hydrogen) atoms. The number of carbonyl (C=O) groups is 1. The lowest BCUT2D eigenvalue weighted by molar-refractivity contribution is -0.935. The predicted octanol–water partition coefficient (Wildman–Crippen LogP) is -0.306. The first-order valence-electron chi connectivity index (χ1n) is 6.96. The van der Waals surface area contributed by atoms with Gasteiger partial charge in [-0.2, -0.15) is 8.42 Å². The summed E-state index contributed by atoms with van der Waals surface area (Å²) >= 11 is 0. The van der Waals surface area contributed by atoms with Gasteiger partial charge < -0.3 is 14.0 Å². The Bertz CT molecular complexity index is 417. The first-order chi connectivity index (χ1) is 9.93. The Kier molecular flexibility index (Phi) is 7.53. The first kappa shape index (κ1) is 18.3. The maximum atomic E-state index is 11.2. The summed E-state index contributed by atoms with van der Waals surface area (Å²) in [6.07, 6.45) is 0.346. The molecule has 1 heterocycles. The van der Waals surface area contributed by atoms with Crippen LogP contribution in [0, 0.1) is 0 Å². The summed E-state index contributed by atoms with van der Waals surface area (Å²) in [5.41, 5.74) is 0. The van der Waals surface area contributed by atoms with E-state index < -0.39 is 10.4 Å². The monoisotopic (exact) mass is 326 g/mol. The zero-order valence-electron chi connectivity index (χ0n) is 12.6. The summed E-state index contributed by atoms with van der Waals surface area (Å²) in [6.45, 7) is 5.85. The standard InChI is InChI=1S/C12H24NO7S/c1-3-12(14)19-10-6-13(4-8-18-9-5-13)7-11-20-21(15,16)17-2/h3-11H2,1-2H3/q+1. The molecule has 0 spiro atoms. The minimum Gasteiger partial charge on any atom is -0.460 e. The van der Waals surface area contributed by atoms with Crippen molar-refractivity contribution in [1.82, 2.24) is 0 Å². The Hall–Kier alpha value is -0.740. The van der Waals surface area contributed by atoms with Crippen LogP contribution >= 0.6 is 0 Å². The van der Waals surface area contributed by atoms with Crippen molar-refractivity contribution in [2.75, 3.05) is 59.7 Å². The van der Waals surface area contributed by atoms with Gasteiger partial charge in [0, 0.05) is 6.42 Å². The van der Waals surface area contributed by atoms with Crippen molar-refractivity contribution in [3.05, 3.63) is 0 Å². The summed E-state index contributed by atoms with van der Waals surface area (Å²) in [5.74, 6) is -0.236. The van der Waals surface area contributed by atoms with Crippen LogP contribution in [0.5, 0.6) is 0 Å². The summed E-state index contributed by atoms with van der Waals surface area (Å²) in [6, 6.07) is 0. The largest absolute Gasteiger partial charge is 0.460 e. The van der Waals surface area contributed by atoms with Crippen LogP contribution in [0.2, 0.25) is 0 Å². The second-order valence-corrected chi connectivity index (χ2v) is 6.20. The van der Waals surface area contributed by atoms with Crippen molar-refractivity contribution in [1.29, 1.82) is 0 Å². The molecule has 0 aromatic heterocycles. The number of carbonyl (C=O) groups excluding carboxylic acids is 1. The van der Waals surface area contributed by atoms with Crippen molar-refractivity contribution in [3.63, 3.8) is 0 Å². The van der Waals surface area contributed by atoms with Gasteiger partial charge in [0.2, 0.25) is 0 Å². The number of esters is 1. The third kappa shape index (κ3) is 6.70. The van der Waals surface area contributed by atoms with Crippen molar-refractivity contribution in [3.8, 4) is 0 Å². The zero-order chi connectivity index (χ0) is 15.8. The van der Waals surface area contributed by atoms with Crippen LogP contribution in [-0.2, 0) is 33.0 Å². The molecule has 1 saturated heterocycles. The van der Waals surface area contributed by atoms with Crippen LogP contribution in [0.3, 0.4) is 0 Å². The lowest BCUT2D eigenvalue weighted by atomic mass is 10.3. The van der Waals surface area contributed by atoms with Crippen LogP contribution < -0.4 is 0 Å². The molecule has 0 unspecified atom stereocenters. The molecule has 9 heteroatoms. The van der Waals surface area contributed by atoms with Crippen LogP contribution in [0.15, 0.2) is 0 Å². The fourth-order valence-electron chi connectivity index (χ4n) is 2.13.